The molecule has 0 fully saturated rings. The largest absolute Gasteiger partial charge is 0.381 e. The first-order valence-electron chi connectivity index (χ1n) is 6.29. The normalized spacial score (nSPS) is 13.0. The van der Waals surface area contributed by atoms with E-state index in [0.29, 0.717) is 39.0 Å². The minimum absolute atomic E-state index is 0.170. The molecule has 4 nitrogen and oxygen atoms in total. The number of ether oxygens (including phenoxy) is 1. The van der Waals surface area contributed by atoms with Gasteiger partial charge in [-0.15, -0.1) is 0 Å². The third-order valence-electron chi connectivity index (χ3n) is 1.91. The van der Waals surface area contributed by atoms with E-state index in [9.17, 15) is 4.57 Å². The van der Waals surface area contributed by atoms with Crippen molar-refractivity contribution in [2.24, 2.45) is 5.41 Å². The van der Waals surface area contributed by atoms with E-state index in [1.54, 1.807) is 0 Å². The molecule has 0 spiro atoms. The van der Waals surface area contributed by atoms with Gasteiger partial charge < -0.3 is 13.8 Å². The summed E-state index contributed by atoms with van der Waals surface area (Å²) in [5, 5.41) is 0. The van der Waals surface area contributed by atoms with E-state index >= 15 is 0 Å². The molecule has 0 aromatic rings. The van der Waals surface area contributed by atoms with Crippen molar-refractivity contribution in [3.63, 3.8) is 0 Å². The van der Waals surface area contributed by atoms with Crippen LogP contribution < -0.4 is 0 Å². The zero-order chi connectivity index (χ0) is 13.4. The molecule has 0 unspecified atom stereocenters. The molecule has 0 aromatic carbocycles. The van der Waals surface area contributed by atoms with Gasteiger partial charge in [-0.05, 0) is 25.7 Å². The molecule has 0 bridgehead atoms. The molecule has 0 amide bonds. The van der Waals surface area contributed by atoms with Crippen molar-refractivity contribution in [1.82, 2.24) is 0 Å². The van der Waals surface area contributed by atoms with Crippen LogP contribution in [-0.2, 0) is 18.3 Å². The highest BCUT2D eigenvalue weighted by atomic mass is 31.2. The van der Waals surface area contributed by atoms with Crippen molar-refractivity contribution in [3.05, 3.63) is 0 Å². The molecule has 0 N–H and O–H groups in total. The van der Waals surface area contributed by atoms with Crippen LogP contribution in [0.1, 0.15) is 41.0 Å². The Hall–Kier alpha value is 0.110. The molecule has 0 aliphatic rings. The lowest BCUT2D eigenvalue weighted by Gasteiger charge is -2.19. The predicted octanol–water partition coefficient (Wildman–Crippen LogP) is 3.71. The molecular formula is C12H27O4P. The third-order valence-corrected chi connectivity index (χ3v) is 4.07. The van der Waals surface area contributed by atoms with E-state index < -0.39 is 7.60 Å². The SMILES string of the molecule is CCOP(=O)(CCCOCC(C)(C)C)OCC. The molecule has 0 atom stereocenters. The molecule has 0 aromatic heterocycles. The number of rotatable bonds is 9. The smallest absolute Gasteiger partial charge is 0.330 e. The Labute approximate surface area is 106 Å². The molecule has 17 heavy (non-hydrogen) atoms. The standard InChI is InChI=1S/C12H27O4P/c1-6-15-17(13,16-7-2)10-8-9-14-11-12(3,4)5/h6-11H2,1-5H3. The maximum atomic E-state index is 12.1. The van der Waals surface area contributed by atoms with Crippen molar-refractivity contribution in [2.45, 2.75) is 41.0 Å². The van der Waals surface area contributed by atoms with Crippen LogP contribution in [0.15, 0.2) is 0 Å². The van der Waals surface area contributed by atoms with Crippen molar-refractivity contribution < 1.29 is 18.3 Å². The van der Waals surface area contributed by atoms with Crippen LogP contribution >= 0.6 is 7.60 Å². The molecule has 104 valence electrons. The quantitative estimate of drug-likeness (QED) is 0.471. The van der Waals surface area contributed by atoms with Gasteiger partial charge in [0.25, 0.3) is 0 Å². The Morgan fingerprint density at radius 2 is 1.59 bits per heavy atom. The van der Waals surface area contributed by atoms with Gasteiger partial charge in [-0.1, -0.05) is 20.8 Å². The Morgan fingerprint density at radius 1 is 1.06 bits per heavy atom. The fourth-order valence-corrected chi connectivity index (χ4v) is 2.93. The molecule has 0 radical (unpaired) electrons. The van der Waals surface area contributed by atoms with Crippen molar-refractivity contribution in [3.8, 4) is 0 Å². The fourth-order valence-electron chi connectivity index (χ4n) is 1.30. The molecular weight excluding hydrogens is 239 g/mol. The van der Waals surface area contributed by atoms with E-state index in [4.69, 9.17) is 13.8 Å². The monoisotopic (exact) mass is 266 g/mol. The Morgan fingerprint density at radius 3 is 2.00 bits per heavy atom. The van der Waals surface area contributed by atoms with Crippen LogP contribution in [0.5, 0.6) is 0 Å². The Kier molecular flexibility index (Phi) is 8.31. The highest BCUT2D eigenvalue weighted by Crippen LogP contribution is 2.48. The van der Waals surface area contributed by atoms with Crippen LogP contribution in [0.25, 0.3) is 0 Å². The zero-order valence-corrected chi connectivity index (χ0v) is 12.7. The van der Waals surface area contributed by atoms with E-state index in [1.807, 2.05) is 13.8 Å². The van der Waals surface area contributed by atoms with Crippen LogP contribution in [0.3, 0.4) is 0 Å². The first-order chi connectivity index (χ1) is 7.83. The Balaban J connectivity index is 3.80. The van der Waals surface area contributed by atoms with Crippen LogP contribution in [0.2, 0.25) is 0 Å². The van der Waals surface area contributed by atoms with Gasteiger partial charge in [0.15, 0.2) is 0 Å². The minimum atomic E-state index is -2.88. The lowest BCUT2D eigenvalue weighted by atomic mass is 9.99. The average molecular weight is 266 g/mol. The lowest BCUT2D eigenvalue weighted by molar-refractivity contribution is 0.0711. The summed E-state index contributed by atoms with van der Waals surface area (Å²) in [7, 11) is -2.88. The fraction of sp³-hybridized carbons (Fsp3) is 1.00. The van der Waals surface area contributed by atoms with E-state index in [1.165, 1.54) is 0 Å². The highest BCUT2D eigenvalue weighted by molar-refractivity contribution is 7.53. The van der Waals surface area contributed by atoms with Crippen LogP contribution in [0.4, 0.5) is 0 Å². The summed E-state index contributed by atoms with van der Waals surface area (Å²) in [4.78, 5) is 0. The molecule has 0 aliphatic carbocycles. The number of hydrogen-bond donors (Lipinski definition) is 0. The van der Waals surface area contributed by atoms with Crippen molar-refractivity contribution in [1.29, 1.82) is 0 Å². The summed E-state index contributed by atoms with van der Waals surface area (Å²) in [6.07, 6.45) is 1.13. The second-order valence-electron chi connectivity index (χ2n) is 5.14. The van der Waals surface area contributed by atoms with E-state index in [-0.39, 0.29) is 5.41 Å². The van der Waals surface area contributed by atoms with Crippen molar-refractivity contribution >= 4 is 7.60 Å². The zero-order valence-electron chi connectivity index (χ0n) is 11.8. The van der Waals surface area contributed by atoms with Crippen LogP contribution in [0, 0.1) is 5.41 Å². The molecule has 0 saturated carbocycles. The molecule has 5 heteroatoms. The summed E-state index contributed by atoms with van der Waals surface area (Å²) >= 11 is 0. The summed E-state index contributed by atoms with van der Waals surface area (Å²) in [6.45, 7) is 12.2. The van der Waals surface area contributed by atoms with Crippen LogP contribution in [-0.4, -0.2) is 32.6 Å². The van der Waals surface area contributed by atoms with Gasteiger partial charge in [0, 0.05) is 6.61 Å². The summed E-state index contributed by atoms with van der Waals surface area (Å²) in [5.74, 6) is 0. The molecule has 0 aliphatic heterocycles. The van der Waals surface area contributed by atoms with Gasteiger partial charge in [0.1, 0.15) is 0 Å². The van der Waals surface area contributed by atoms with Gasteiger partial charge in [0.2, 0.25) is 0 Å². The van der Waals surface area contributed by atoms with Gasteiger partial charge in [-0.25, -0.2) is 0 Å². The molecule has 0 rings (SSSR count). The van der Waals surface area contributed by atoms with E-state index in [0.717, 1.165) is 0 Å². The minimum Gasteiger partial charge on any atom is -0.381 e. The number of hydrogen-bond acceptors (Lipinski definition) is 4. The summed E-state index contributed by atoms with van der Waals surface area (Å²) in [5.41, 5.74) is 0.170. The summed E-state index contributed by atoms with van der Waals surface area (Å²) < 4.78 is 28.0. The topological polar surface area (TPSA) is 44.8 Å². The second kappa shape index (κ2) is 8.25. The third kappa shape index (κ3) is 9.78. The second-order valence-corrected chi connectivity index (χ2v) is 7.32. The Bertz CT molecular complexity index is 225. The maximum absolute atomic E-state index is 12.1. The molecule has 0 heterocycles. The van der Waals surface area contributed by atoms with Crippen molar-refractivity contribution in [2.75, 3.05) is 32.6 Å². The lowest BCUT2D eigenvalue weighted by Crippen LogP contribution is -2.15. The first kappa shape index (κ1) is 17.1. The predicted molar refractivity (Wildman–Crippen MR) is 70.6 cm³/mol. The van der Waals surface area contributed by atoms with Gasteiger partial charge >= 0.3 is 7.60 Å². The molecule has 0 saturated heterocycles. The summed E-state index contributed by atoms with van der Waals surface area (Å²) in [6, 6.07) is 0. The van der Waals surface area contributed by atoms with Gasteiger partial charge in [-0.3, -0.25) is 4.57 Å². The van der Waals surface area contributed by atoms with Gasteiger partial charge in [0.05, 0.1) is 26.0 Å². The first-order valence-corrected chi connectivity index (χ1v) is 8.01. The average Bonchev–Trinajstić information content (AvgIpc) is 2.16. The van der Waals surface area contributed by atoms with E-state index in [2.05, 4.69) is 20.8 Å². The van der Waals surface area contributed by atoms with Gasteiger partial charge in [-0.2, -0.15) is 0 Å². The maximum Gasteiger partial charge on any atom is 0.330 e. The highest BCUT2D eigenvalue weighted by Gasteiger charge is 2.22.